The van der Waals surface area contributed by atoms with Crippen molar-refractivity contribution in [1.82, 2.24) is 14.8 Å². The lowest BCUT2D eigenvalue weighted by atomic mass is 9.71. The summed E-state index contributed by atoms with van der Waals surface area (Å²) >= 11 is 12.6. The number of ether oxygens (including phenoxy) is 2. The largest absolute Gasteiger partial charge is 0.457 e. The first-order valence-corrected chi connectivity index (χ1v) is 9.62. The molecule has 1 unspecified atom stereocenters. The summed E-state index contributed by atoms with van der Waals surface area (Å²) in [6.45, 7) is 6.82. The van der Waals surface area contributed by atoms with Gasteiger partial charge in [0.2, 0.25) is 0 Å². The Labute approximate surface area is 175 Å². The molecule has 0 fully saturated rings. The number of rotatable bonds is 6. The van der Waals surface area contributed by atoms with Crippen LogP contribution >= 0.6 is 23.2 Å². The Morgan fingerprint density at radius 3 is 2.21 bits per heavy atom. The van der Waals surface area contributed by atoms with E-state index >= 15 is 0 Å². The first-order valence-electron chi connectivity index (χ1n) is 8.86. The molecule has 0 bridgehead atoms. The van der Waals surface area contributed by atoms with E-state index in [9.17, 15) is 0 Å². The molecule has 0 aliphatic rings. The number of aromatic nitrogens is 3. The molecule has 0 aliphatic heterocycles. The van der Waals surface area contributed by atoms with E-state index in [4.69, 9.17) is 32.7 Å². The van der Waals surface area contributed by atoms with Crippen molar-refractivity contribution in [2.24, 2.45) is 5.41 Å². The molecule has 0 saturated carbocycles. The Morgan fingerprint density at radius 1 is 1.00 bits per heavy atom. The predicted molar refractivity (Wildman–Crippen MR) is 111 cm³/mol. The van der Waals surface area contributed by atoms with E-state index in [1.807, 2.05) is 24.3 Å². The van der Waals surface area contributed by atoms with Crippen molar-refractivity contribution >= 4 is 23.2 Å². The third kappa shape index (κ3) is 4.17. The van der Waals surface area contributed by atoms with Crippen LogP contribution in [0.3, 0.4) is 0 Å². The second kappa shape index (κ2) is 8.11. The van der Waals surface area contributed by atoms with Crippen LogP contribution in [0, 0.1) is 5.41 Å². The zero-order valence-corrected chi connectivity index (χ0v) is 17.8. The fourth-order valence-corrected chi connectivity index (χ4v) is 3.72. The summed E-state index contributed by atoms with van der Waals surface area (Å²) in [5, 5.41) is 5.46. The van der Waals surface area contributed by atoms with Crippen LogP contribution in [-0.4, -0.2) is 21.9 Å². The number of nitrogens with zero attached hydrogens (tertiary/aromatic N) is 3. The fraction of sp³-hybridized carbons (Fsp3) is 0.333. The van der Waals surface area contributed by atoms with Crippen LogP contribution in [0.4, 0.5) is 0 Å². The van der Waals surface area contributed by atoms with Crippen LogP contribution in [0.25, 0.3) is 0 Å². The van der Waals surface area contributed by atoms with Crippen LogP contribution < -0.4 is 4.74 Å². The summed E-state index contributed by atoms with van der Waals surface area (Å²) in [6, 6.07) is 12.8. The Kier molecular flexibility index (Phi) is 5.98. The molecule has 2 aromatic carbocycles. The fourth-order valence-electron chi connectivity index (χ4n) is 3.28. The van der Waals surface area contributed by atoms with Gasteiger partial charge in [0.15, 0.2) is 0 Å². The van der Waals surface area contributed by atoms with Gasteiger partial charge in [-0.2, -0.15) is 5.10 Å². The average molecular weight is 420 g/mol. The molecule has 0 N–H and O–H groups in total. The quantitative estimate of drug-likeness (QED) is 0.493. The molecule has 7 heteroatoms. The molecule has 3 rings (SSSR count). The first kappa shape index (κ1) is 20.6. The molecule has 0 aliphatic carbocycles. The van der Waals surface area contributed by atoms with Crippen molar-refractivity contribution in [3.8, 4) is 11.5 Å². The smallest absolute Gasteiger partial charge is 0.137 e. The Morgan fingerprint density at radius 2 is 1.68 bits per heavy atom. The van der Waals surface area contributed by atoms with Crippen molar-refractivity contribution in [2.75, 3.05) is 7.11 Å². The molecule has 0 saturated heterocycles. The summed E-state index contributed by atoms with van der Waals surface area (Å²) in [4.78, 5) is 4.04. The van der Waals surface area contributed by atoms with Crippen molar-refractivity contribution in [3.05, 3.63) is 70.7 Å². The van der Waals surface area contributed by atoms with E-state index in [2.05, 4.69) is 30.9 Å². The lowest BCUT2D eigenvalue weighted by molar-refractivity contribution is -0.113. The van der Waals surface area contributed by atoms with Crippen molar-refractivity contribution in [1.29, 1.82) is 0 Å². The van der Waals surface area contributed by atoms with Gasteiger partial charge in [-0.3, -0.25) is 0 Å². The number of hydrogen-bond donors (Lipinski definition) is 0. The standard InChI is InChI=1S/C21H23Cl2N3O2/c1-20(2,3)21(27-4,12-26-14-24-13-25-26)18-10-9-17(11-19(18)23)28-16-7-5-15(22)6-8-16/h5-11,13-14H,12H2,1-4H3. The maximum Gasteiger partial charge on any atom is 0.137 e. The molecule has 1 heterocycles. The van der Waals surface area contributed by atoms with Gasteiger partial charge in [-0.05, 0) is 41.8 Å². The SMILES string of the molecule is COC(Cn1cncn1)(c1ccc(Oc2ccc(Cl)cc2)cc1Cl)C(C)(C)C. The first-order chi connectivity index (χ1) is 13.2. The monoisotopic (exact) mass is 419 g/mol. The minimum absolute atomic E-state index is 0.268. The van der Waals surface area contributed by atoms with Crippen molar-refractivity contribution in [3.63, 3.8) is 0 Å². The lowest BCUT2D eigenvalue weighted by Crippen LogP contribution is -2.46. The van der Waals surface area contributed by atoms with Gasteiger partial charge in [0.05, 0.1) is 11.6 Å². The number of benzene rings is 2. The van der Waals surface area contributed by atoms with Crippen LogP contribution in [0.1, 0.15) is 26.3 Å². The summed E-state index contributed by atoms with van der Waals surface area (Å²) in [5.41, 5.74) is -0.116. The zero-order valence-electron chi connectivity index (χ0n) is 16.3. The van der Waals surface area contributed by atoms with Crippen LogP contribution in [0.15, 0.2) is 55.1 Å². The van der Waals surface area contributed by atoms with E-state index < -0.39 is 5.60 Å². The highest BCUT2D eigenvalue weighted by Crippen LogP contribution is 2.47. The van der Waals surface area contributed by atoms with Gasteiger partial charge < -0.3 is 9.47 Å². The Hall–Kier alpha value is -2.08. The topological polar surface area (TPSA) is 49.2 Å². The van der Waals surface area contributed by atoms with Gasteiger partial charge in [0.25, 0.3) is 0 Å². The Bertz CT molecular complexity index is 922. The minimum atomic E-state index is -0.712. The second-order valence-corrected chi connectivity index (χ2v) is 8.42. The number of halogens is 2. The summed E-state index contributed by atoms with van der Waals surface area (Å²) in [5.74, 6) is 1.32. The maximum absolute atomic E-state index is 6.70. The summed E-state index contributed by atoms with van der Waals surface area (Å²) in [7, 11) is 1.69. The van der Waals surface area contributed by atoms with E-state index in [0.717, 1.165) is 5.56 Å². The van der Waals surface area contributed by atoms with Gasteiger partial charge in [-0.1, -0.05) is 50.0 Å². The van der Waals surface area contributed by atoms with Crippen molar-refractivity contribution in [2.45, 2.75) is 32.9 Å². The lowest BCUT2D eigenvalue weighted by Gasteiger charge is -2.44. The molecule has 1 atom stereocenters. The predicted octanol–water partition coefficient (Wildman–Crippen LogP) is 5.97. The van der Waals surface area contributed by atoms with Gasteiger partial charge in [-0.15, -0.1) is 0 Å². The second-order valence-electron chi connectivity index (χ2n) is 7.57. The third-order valence-corrected chi connectivity index (χ3v) is 5.40. The molecule has 0 spiro atoms. The zero-order chi connectivity index (χ0) is 20.4. The molecule has 1 aromatic heterocycles. The van der Waals surface area contributed by atoms with Gasteiger partial charge in [0, 0.05) is 17.7 Å². The summed E-state index contributed by atoms with van der Waals surface area (Å²) in [6.07, 6.45) is 3.18. The number of methoxy groups -OCH3 is 1. The van der Waals surface area contributed by atoms with Crippen molar-refractivity contribution < 1.29 is 9.47 Å². The summed E-state index contributed by atoms with van der Waals surface area (Å²) < 4.78 is 13.7. The van der Waals surface area contributed by atoms with E-state index in [1.165, 1.54) is 6.33 Å². The van der Waals surface area contributed by atoms with E-state index in [-0.39, 0.29) is 5.41 Å². The average Bonchev–Trinajstić information content (AvgIpc) is 3.14. The third-order valence-electron chi connectivity index (χ3n) is 4.84. The van der Waals surface area contributed by atoms with E-state index in [1.54, 1.807) is 36.3 Å². The van der Waals surface area contributed by atoms with Crippen LogP contribution in [0.2, 0.25) is 10.0 Å². The van der Waals surface area contributed by atoms with Gasteiger partial charge >= 0.3 is 0 Å². The molecule has 3 aromatic rings. The molecule has 28 heavy (non-hydrogen) atoms. The maximum atomic E-state index is 6.70. The minimum Gasteiger partial charge on any atom is -0.457 e. The Balaban J connectivity index is 1.97. The highest BCUT2D eigenvalue weighted by molar-refractivity contribution is 6.31. The normalized spacial score (nSPS) is 13.9. The highest BCUT2D eigenvalue weighted by Gasteiger charge is 2.46. The van der Waals surface area contributed by atoms with E-state index in [0.29, 0.717) is 28.1 Å². The van der Waals surface area contributed by atoms with Crippen LogP contribution in [0.5, 0.6) is 11.5 Å². The molecular weight excluding hydrogens is 397 g/mol. The highest BCUT2D eigenvalue weighted by atomic mass is 35.5. The molecule has 5 nitrogen and oxygen atoms in total. The van der Waals surface area contributed by atoms with Crippen LogP contribution in [-0.2, 0) is 16.9 Å². The molecule has 0 radical (unpaired) electrons. The molecule has 148 valence electrons. The molecule has 0 amide bonds. The number of hydrogen-bond acceptors (Lipinski definition) is 4. The van der Waals surface area contributed by atoms with Gasteiger partial charge in [0.1, 0.15) is 29.8 Å². The molecular formula is C21H23Cl2N3O2. The van der Waals surface area contributed by atoms with Gasteiger partial charge in [-0.25, -0.2) is 9.67 Å².